The van der Waals surface area contributed by atoms with Crippen LogP contribution in [0.25, 0.3) is 0 Å². The first kappa shape index (κ1) is 13.5. The van der Waals surface area contributed by atoms with E-state index in [0.717, 1.165) is 11.3 Å². The van der Waals surface area contributed by atoms with Crippen LogP contribution in [0, 0.1) is 12.8 Å². The number of benzene rings is 1. The molecule has 1 rings (SSSR count). The largest absolute Gasteiger partial charge is 0.496 e. The molecule has 0 aliphatic heterocycles. The maximum Gasteiger partial charge on any atom is 0.309 e. The molecule has 2 N–H and O–H groups in total. The Labute approximate surface area is 101 Å². The average molecular weight is 238 g/mol. The molecule has 2 unspecified atom stereocenters. The minimum atomic E-state index is -0.984. The summed E-state index contributed by atoms with van der Waals surface area (Å²) in [6.07, 6.45) is -0.594. The molecule has 0 heterocycles. The summed E-state index contributed by atoms with van der Waals surface area (Å²) in [5.41, 5.74) is 1.49. The molecule has 4 nitrogen and oxygen atoms in total. The minimum Gasteiger partial charge on any atom is -0.496 e. The number of aryl methyl sites for hydroxylation is 1. The van der Waals surface area contributed by atoms with Crippen LogP contribution in [0.1, 0.15) is 30.6 Å². The van der Waals surface area contributed by atoms with Crippen molar-refractivity contribution in [2.45, 2.75) is 26.4 Å². The van der Waals surface area contributed by atoms with E-state index in [1.54, 1.807) is 32.2 Å². The van der Waals surface area contributed by atoms with Gasteiger partial charge in [0.15, 0.2) is 0 Å². The van der Waals surface area contributed by atoms with Gasteiger partial charge in [-0.15, -0.1) is 0 Å². The summed E-state index contributed by atoms with van der Waals surface area (Å²) in [5, 5.41) is 19.0. The lowest BCUT2D eigenvalue weighted by molar-refractivity contribution is -0.146. The van der Waals surface area contributed by atoms with E-state index in [1.165, 1.54) is 0 Å². The van der Waals surface area contributed by atoms with E-state index in [9.17, 15) is 9.90 Å². The number of aliphatic hydroxyl groups is 1. The Balaban J connectivity index is 2.99. The van der Waals surface area contributed by atoms with Crippen molar-refractivity contribution in [1.82, 2.24) is 0 Å². The predicted octanol–water partition coefficient (Wildman–Crippen LogP) is 2.15. The third-order valence-corrected chi connectivity index (χ3v) is 2.90. The summed E-state index contributed by atoms with van der Waals surface area (Å²) < 4.78 is 5.12. The fourth-order valence-electron chi connectivity index (χ4n) is 1.85. The number of hydrogen-bond donors (Lipinski definition) is 2. The fraction of sp³-hybridized carbons (Fsp3) is 0.462. The first-order chi connectivity index (χ1) is 8.01. The fourth-order valence-corrected chi connectivity index (χ4v) is 1.85. The lowest BCUT2D eigenvalue weighted by atomic mass is 9.92. The van der Waals surface area contributed by atoms with Crippen LogP contribution >= 0.6 is 0 Å². The molecule has 2 atom stereocenters. The molecule has 0 bridgehead atoms. The lowest BCUT2D eigenvalue weighted by Crippen LogP contribution is -2.21. The minimum absolute atomic E-state index is 0.390. The molecular weight excluding hydrogens is 220 g/mol. The van der Waals surface area contributed by atoms with Gasteiger partial charge in [0.2, 0.25) is 0 Å². The highest BCUT2D eigenvalue weighted by atomic mass is 16.5. The number of aliphatic hydroxyl groups excluding tert-OH is 1. The van der Waals surface area contributed by atoms with Gasteiger partial charge in [0.05, 0.1) is 19.1 Å². The Morgan fingerprint density at radius 2 is 2.12 bits per heavy atom. The van der Waals surface area contributed by atoms with Crippen molar-refractivity contribution >= 4 is 5.97 Å². The summed E-state index contributed by atoms with van der Waals surface area (Å²) in [5.74, 6) is -1.03. The topological polar surface area (TPSA) is 66.8 Å². The van der Waals surface area contributed by atoms with Gasteiger partial charge in [0, 0.05) is 0 Å². The molecule has 0 spiro atoms. The molecule has 0 saturated carbocycles. The molecule has 0 saturated heterocycles. The number of rotatable bonds is 5. The van der Waals surface area contributed by atoms with Crippen molar-refractivity contribution in [1.29, 1.82) is 0 Å². The third kappa shape index (κ3) is 2.97. The van der Waals surface area contributed by atoms with E-state index in [1.807, 2.05) is 6.92 Å². The van der Waals surface area contributed by atoms with E-state index >= 15 is 0 Å². The van der Waals surface area contributed by atoms with Gasteiger partial charge in [-0.2, -0.15) is 0 Å². The van der Waals surface area contributed by atoms with Crippen LogP contribution < -0.4 is 4.74 Å². The molecule has 0 amide bonds. The van der Waals surface area contributed by atoms with Crippen molar-refractivity contribution in [3.05, 3.63) is 29.3 Å². The second-order valence-electron chi connectivity index (χ2n) is 4.03. The monoisotopic (exact) mass is 238 g/mol. The van der Waals surface area contributed by atoms with Crippen LogP contribution in [0.2, 0.25) is 0 Å². The zero-order valence-electron chi connectivity index (χ0n) is 10.3. The Morgan fingerprint density at radius 1 is 1.47 bits per heavy atom. The molecule has 1 aromatic carbocycles. The molecule has 1 aromatic rings. The number of carboxylic acid groups (broad SMARTS) is 1. The smallest absolute Gasteiger partial charge is 0.309 e. The van der Waals surface area contributed by atoms with E-state index in [2.05, 4.69) is 0 Å². The van der Waals surface area contributed by atoms with Crippen LogP contribution in [-0.2, 0) is 4.79 Å². The Kier molecular flexibility index (Phi) is 4.52. The van der Waals surface area contributed by atoms with Gasteiger partial charge >= 0.3 is 5.97 Å². The van der Waals surface area contributed by atoms with Crippen LogP contribution in [-0.4, -0.2) is 23.3 Å². The highest BCUT2D eigenvalue weighted by Crippen LogP contribution is 2.28. The SMILES string of the molecule is CCC(C(=O)O)C(O)c1ccc(OC)c(C)c1. The van der Waals surface area contributed by atoms with E-state index < -0.39 is 18.0 Å². The lowest BCUT2D eigenvalue weighted by Gasteiger charge is -2.18. The normalized spacial score (nSPS) is 14.1. The number of aliphatic carboxylic acids is 1. The van der Waals surface area contributed by atoms with Crippen LogP contribution in [0.3, 0.4) is 0 Å². The summed E-state index contributed by atoms with van der Waals surface area (Å²) in [6.45, 7) is 3.61. The molecule has 0 fully saturated rings. The second-order valence-corrected chi connectivity index (χ2v) is 4.03. The van der Waals surface area contributed by atoms with E-state index in [0.29, 0.717) is 12.0 Å². The Bertz CT molecular complexity index is 400. The Morgan fingerprint density at radius 3 is 2.53 bits per heavy atom. The van der Waals surface area contributed by atoms with E-state index in [-0.39, 0.29) is 0 Å². The quantitative estimate of drug-likeness (QED) is 0.824. The molecule has 4 heteroatoms. The molecule has 0 radical (unpaired) electrons. The molecule has 0 aromatic heterocycles. The third-order valence-electron chi connectivity index (χ3n) is 2.90. The highest BCUT2D eigenvalue weighted by molar-refractivity contribution is 5.71. The summed E-state index contributed by atoms with van der Waals surface area (Å²) in [7, 11) is 1.57. The predicted molar refractivity (Wildman–Crippen MR) is 64.1 cm³/mol. The molecular formula is C13H18O4. The van der Waals surface area contributed by atoms with Gasteiger partial charge in [-0.25, -0.2) is 0 Å². The van der Waals surface area contributed by atoms with Gasteiger partial charge in [-0.3, -0.25) is 4.79 Å². The number of methoxy groups -OCH3 is 1. The van der Waals surface area contributed by atoms with Crippen molar-refractivity contribution in [3.8, 4) is 5.75 Å². The summed E-state index contributed by atoms with van der Waals surface area (Å²) >= 11 is 0. The standard InChI is InChI=1S/C13H18O4/c1-4-10(13(15)16)12(14)9-5-6-11(17-3)8(2)7-9/h5-7,10,12,14H,4H2,1-3H3,(H,15,16). The Hall–Kier alpha value is -1.55. The highest BCUT2D eigenvalue weighted by Gasteiger charge is 2.26. The number of hydrogen-bond acceptors (Lipinski definition) is 3. The molecule has 94 valence electrons. The second kappa shape index (κ2) is 5.68. The van der Waals surface area contributed by atoms with Crippen molar-refractivity contribution < 1.29 is 19.7 Å². The number of carboxylic acids is 1. The van der Waals surface area contributed by atoms with Crippen LogP contribution in [0.5, 0.6) is 5.75 Å². The summed E-state index contributed by atoms with van der Waals surface area (Å²) in [4.78, 5) is 11.0. The zero-order valence-corrected chi connectivity index (χ0v) is 10.3. The summed E-state index contributed by atoms with van der Waals surface area (Å²) in [6, 6.07) is 5.19. The molecule has 0 aliphatic rings. The number of ether oxygens (including phenoxy) is 1. The maximum absolute atomic E-state index is 11.0. The average Bonchev–Trinajstić information content (AvgIpc) is 2.29. The van der Waals surface area contributed by atoms with Gasteiger partial charge in [0.25, 0.3) is 0 Å². The van der Waals surface area contributed by atoms with Crippen LogP contribution in [0.15, 0.2) is 18.2 Å². The zero-order chi connectivity index (χ0) is 13.0. The van der Waals surface area contributed by atoms with Crippen LogP contribution in [0.4, 0.5) is 0 Å². The van der Waals surface area contributed by atoms with Crippen molar-refractivity contribution in [2.75, 3.05) is 7.11 Å². The first-order valence-electron chi connectivity index (χ1n) is 5.56. The van der Waals surface area contributed by atoms with Crippen molar-refractivity contribution in [2.24, 2.45) is 5.92 Å². The van der Waals surface area contributed by atoms with Gasteiger partial charge in [0.1, 0.15) is 5.75 Å². The van der Waals surface area contributed by atoms with Crippen molar-refractivity contribution in [3.63, 3.8) is 0 Å². The van der Waals surface area contributed by atoms with Gasteiger partial charge in [-0.05, 0) is 36.6 Å². The van der Waals surface area contributed by atoms with E-state index in [4.69, 9.17) is 9.84 Å². The molecule has 0 aliphatic carbocycles. The first-order valence-corrected chi connectivity index (χ1v) is 5.56. The van der Waals surface area contributed by atoms with Gasteiger partial charge < -0.3 is 14.9 Å². The number of carbonyl (C=O) groups is 1. The van der Waals surface area contributed by atoms with Gasteiger partial charge in [-0.1, -0.05) is 13.0 Å². The molecule has 17 heavy (non-hydrogen) atoms. The maximum atomic E-state index is 11.0.